The number of unbranched alkanes of at least 4 members (excludes halogenated alkanes) is 4. The highest BCUT2D eigenvalue weighted by molar-refractivity contribution is 8.00. The van der Waals surface area contributed by atoms with Gasteiger partial charge in [-0.2, -0.15) is 0 Å². The maximum absolute atomic E-state index is 14.2. The van der Waals surface area contributed by atoms with E-state index in [4.69, 9.17) is 17.2 Å². The Hall–Kier alpha value is -8.76. The Morgan fingerprint density at radius 3 is 2.01 bits per heavy atom. The third-order valence-corrected chi connectivity index (χ3v) is 16.3. The number of carbonyl (C=O) groups excluding carboxylic acids is 13. The molecular formula is C61H86N12O16S. The molecule has 2 saturated heterocycles. The molecular weight excluding hydrogens is 1190 g/mol. The molecule has 28 nitrogen and oxygen atoms in total. The summed E-state index contributed by atoms with van der Waals surface area (Å²) < 4.78 is 0. The number of imide groups is 1. The summed E-state index contributed by atoms with van der Waals surface area (Å²) in [4.78, 5) is 187. The molecule has 7 atom stereocenters. The van der Waals surface area contributed by atoms with Crippen LogP contribution in [-0.4, -0.2) is 171 Å². The molecule has 90 heavy (non-hydrogen) atoms. The lowest BCUT2D eigenvalue weighted by molar-refractivity contribution is -0.141. The van der Waals surface area contributed by atoms with E-state index in [0.717, 1.165) is 22.2 Å². The SMILES string of the molecule is CCC(=O)CCCC(=O)N[C@@H](Cc1ccc(O)cc1)C(=O)CCCCCCC(=O)N[C@@H](CSC1CC(=O)N(CCC(=O)NCCCCC2CC(=O)[C@@H](Cc3ccccc3)NC(=O)[C@@H](CC(=O)O)NC(=O)CNC(=O)[C@H](CCCN=C(N)N)NC2=O)C1=O)C(N)=O. The number of guanidine groups is 1. The van der Waals surface area contributed by atoms with Gasteiger partial charge in [-0.3, -0.25) is 77.0 Å². The minimum absolute atomic E-state index is 0.00548. The van der Waals surface area contributed by atoms with Crippen molar-refractivity contribution in [2.24, 2.45) is 28.1 Å². The normalized spacial score (nSPS) is 18.9. The van der Waals surface area contributed by atoms with Gasteiger partial charge >= 0.3 is 5.97 Å². The monoisotopic (exact) mass is 1270 g/mol. The van der Waals surface area contributed by atoms with Crippen molar-refractivity contribution in [1.82, 2.24) is 42.1 Å². The first-order valence-electron chi connectivity index (χ1n) is 30.4. The molecule has 2 unspecified atom stereocenters. The smallest absolute Gasteiger partial charge is 0.305 e. The summed E-state index contributed by atoms with van der Waals surface area (Å²) in [6, 6.07) is 8.74. The number of nitrogens with two attached hydrogens (primary N) is 3. The van der Waals surface area contributed by atoms with Crippen LogP contribution in [0.1, 0.15) is 140 Å². The van der Waals surface area contributed by atoms with Crippen molar-refractivity contribution in [3.8, 4) is 5.75 Å². The predicted molar refractivity (Wildman–Crippen MR) is 330 cm³/mol. The second kappa shape index (κ2) is 39.3. The number of aromatic hydroxyl groups is 1. The summed E-state index contributed by atoms with van der Waals surface area (Å²) >= 11 is 0.965. The number of phenolic OH excluding ortho intramolecular Hbond substituents is 1. The number of nitrogens with one attached hydrogen (secondary N) is 7. The van der Waals surface area contributed by atoms with Crippen molar-refractivity contribution in [1.29, 1.82) is 0 Å². The van der Waals surface area contributed by atoms with Crippen LogP contribution in [0, 0.1) is 5.92 Å². The number of primary amides is 1. The number of carboxylic acids is 1. The van der Waals surface area contributed by atoms with Crippen LogP contribution in [0.2, 0.25) is 0 Å². The zero-order chi connectivity index (χ0) is 66.1. The molecule has 29 heteroatoms. The fourth-order valence-corrected chi connectivity index (χ4v) is 11.1. The number of benzene rings is 2. The quantitative estimate of drug-likeness (QED) is 0.0182. The van der Waals surface area contributed by atoms with Gasteiger partial charge in [-0.1, -0.05) is 68.7 Å². The molecule has 0 aromatic heterocycles. The van der Waals surface area contributed by atoms with Crippen molar-refractivity contribution in [3.63, 3.8) is 0 Å². The van der Waals surface area contributed by atoms with Crippen LogP contribution >= 0.6 is 11.8 Å². The number of hydrogen-bond acceptors (Lipinski definition) is 17. The van der Waals surface area contributed by atoms with Crippen LogP contribution in [0.25, 0.3) is 0 Å². The third kappa shape index (κ3) is 27.7. The molecule has 2 aromatic rings. The number of ketones is 3. The van der Waals surface area contributed by atoms with Crippen molar-refractivity contribution < 1.29 is 77.3 Å². The molecule has 10 amide bonds. The summed E-state index contributed by atoms with van der Waals surface area (Å²) in [5, 5.41) is 36.4. The largest absolute Gasteiger partial charge is 0.508 e. The fraction of sp³-hybridized carbons (Fsp3) is 0.557. The highest BCUT2D eigenvalue weighted by Crippen LogP contribution is 2.26. The Labute approximate surface area is 526 Å². The summed E-state index contributed by atoms with van der Waals surface area (Å²) in [7, 11) is 0. The Kier molecular flexibility index (Phi) is 32.2. The molecule has 492 valence electrons. The highest BCUT2D eigenvalue weighted by Gasteiger charge is 2.40. The van der Waals surface area contributed by atoms with E-state index >= 15 is 0 Å². The summed E-state index contributed by atoms with van der Waals surface area (Å²) in [5.74, 6) is -10.2. The number of hydrogen-bond donors (Lipinski definition) is 12. The van der Waals surface area contributed by atoms with Gasteiger partial charge in [-0.15, -0.1) is 11.8 Å². The highest BCUT2D eigenvalue weighted by atomic mass is 32.2. The van der Waals surface area contributed by atoms with Gasteiger partial charge in [-0.05, 0) is 81.0 Å². The van der Waals surface area contributed by atoms with Gasteiger partial charge in [0, 0.05) is 82.7 Å². The number of carbonyl (C=O) groups is 14. The maximum atomic E-state index is 14.2. The molecule has 0 spiro atoms. The van der Waals surface area contributed by atoms with E-state index < -0.39 is 126 Å². The topological polar surface area (TPSA) is 457 Å². The molecule has 2 aliphatic heterocycles. The number of rotatable bonds is 37. The van der Waals surface area contributed by atoms with E-state index in [1.165, 1.54) is 12.1 Å². The van der Waals surface area contributed by atoms with Crippen LogP contribution in [0.3, 0.4) is 0 Å². The first kappa shape index (κ1) is 73.7. The number of phenols is 1. The van der Waals surface area contributed by atoms with Crippen LogP contribution in [-0.2, 0) is 80.0 Å². The number of Topliss-reactive ketones (excluding diaryl/α,β-unsaturated/α-hetero) is 3. The minimum atomic E-state index is -1.64. The molecule has 15 N–H and O–H groups in total. The second-order valence-corrected chi connectivity index (χ2v) is 23.4. The van der Waals surface area contributed by atoms with E-state index in [-0.39, 0.29) is 138 Å². The lowest BCUT2D eigenvalue weighted by atomic mass is 9.90. The van der Waals surface area contributed by atoms with E-state index in [0.29, 0.717) is 44.1 Å². The second-order valence-electron chi connectivity index (χ2n) is 22.2. The Morgan fingerprint density at radius 2 is 1.34 bits per heavy atom. The summed E-state index contributed by atoms with van der Waals surface area (Å²) in [5.41, 5.74) is 17.9. The number of thioether (sulfide) groups is 1. The van der Waals surface area contributed by atoms with Crippen LogP contribution < -0.4 is 54.4 Å². The van der Waals surface area contributed by atoms with Gasteiger partial charge in [0.1, 0.15) is 29.7 Å². The Morgan fingerprint density at radius 1 is 0.678 bits per heavy atom. The minimum Gasteiger partial charge on any atom is -0.508 e. The third-order valence-electron chi connectivity index (χ3n) is 15.0. The van der Waals surface area contributed by atoms with E-state index in [9.17, 15) is 77.3 Å². The van der Waals surface area contributed by atoms with Crippen LogP contribution in [0.15, 0.2) is 59.6 Å². The molecule has 0 saturated carbocycles. The fourth-order valence-electron chi connectivity index (χ4n) is 9.91. The number of aliphatic imine (C=N–C) groups is 1. The lowest BCUT2D eigenvalue weighted by Crippen LogP contribution is -2.54. The van der Waals surface area contributed by atoms with Crippen molar-refractivity contribution in [2.75, 3.05) is 31.9 Å². The summed E-state index contributed by atoms with van der Waals surface area (Å²) in [6.45, 7) is 0.968. The van der Waals surface area contributed by atoms with E-state index in [1.807, 2.05) is 0 Å². The molecule has 0 bridgehead atoms. The van der Waals surface area contributed by atoms with Crippen molar-refractivity contribution in [3.05, 3.63) is 65.7 Å². The average molecular weight is 1280 g/mol. The Bertz CT molecular complexity index is 2870. The molecule has 0 aliphatic carbocycles. The number of nitrogens with zero attached hydrogens (tertiary/aromatic N) is 2. The van der Waals surface area contributed by atoms with Gasteiger partial charge in [0.15, 0.2) is 17.5 Å². The standard InChI is InChI=1S/C61H86N12O16S/c1-2-40(74)17-12-21-52(80)68-43(31-38-22-24-41(75)25-23-38)47(76)19-8-3-4-9-20-51(79)70-46(56(62)85)36-90-49-34-54(82)73(60(49)89)29-26-50(78)65-27-11-10-16-39-32-48(77)44(30-37-14-6-5-7-15-37)72-59(88)45(33-55(83)84)69-53(81)35-67-58(87)42(71-57(39)86)18-13-28-66-61(63)64/h5-7,14-15,22-25,39,42-46,49,75H,2-4,8-13,16-21,26-36H2,1H3,(H2,62,85)(H,65,78)(H,67,87)(H,68,80)(H,69,81)(H,70,79)(H,71,86)(H,72,88)(H,83,84)(H4,63,64,66)/t39?,42-,43-,44+,45+,46-,49?/m0/s1. The molecule has 2 fully saturated rings. The molecule has 0 radical (unpaired) electrons. The first-order chi connectivity index (χ1) is 42.9. The zero-order valence-electron chi connectivity index (χ0n) is 50.8. The first-order valence-corrected chi connectivity index (χ1v) is 31.4. The lowest BCUT2D eigenvalue weighted by Gasteiger charge is -2.24. The number of amides is 10. The molecule has 2 aliphatic rings. The van der Waals surface area contributed by atoms with Gasteiger partial charge in [0.05, 0.1) is 30.3 Å². The van der Waals surface area contributed by atoms with Gasteiger partial charge in [0.2, 0.25) is 59.1 Å². The average Bonchev–Trinajstić information content (AvgIpc) is 2.79. The van der Waals surface area contributed by atoms with Crippen molar-refractivity contribution in [2.45, 2.75) is 177 Å². The number of likely N-dealkylation sites (tertiary alicyclic amines) is 1. The van der Waals surface area contributed by atoms with Gasteiger partial charge in [-0.25, -0.2) is 0 Å². The van der Waals surface area contributed by atoms with Crippen LogP contribution in [0.4, 0.5) is 0 Å². The molecule has 2 aromatic carbocycles. The maximum Gasteiger partial charge on any atom is 0.305 e. The summed E-state index contributed by atoms with van der Waals surface area (Å²) in [6.07, 6.45) is 2.52. The van der Waals surface area contributed by atoms with E-state index in [2.05, 4.69) is 42.2 Å². The molecule has 4 rings (SSSR count). The van der Waals surface area contributed by atoms with Crippen molar-refractivity contribution >= 4 is 100 Å². The van der Waals surface area contributed by atoms with Crippen LogP contribution in [0.5, 0.6) is 5.75 Å². The number of aliphatic carboxylic acids is 1. The van der Waals surface area contributed by atoms with E-state index in [1.54, 1.807) is 49.4 Å². The zero-order valence-corrected chi connectivity index (χ0v) is 51.6. The van der Waals surface area contributed by atoms with Gasteiger partial charge in [0.25, 0.3) is 0 Å². The molecule has 2 heterocycles. The van der Waals surface area contributed by atoms with Gasteiger partial charge < -0.3 is 64.6 Å². The Balaban J connectivity index is 1.25. The number of carboxylic acid groups (broad SMARTS) is 1. The predicted octanol–water partition coefficient (Wildman–Crippen LogP) is -0.0834.